The molecule has 26 heavy (non-hydrogen) atoms. The minimum atomic E-state index is -0.312. The molecule has 0 saturated carbocycles. The van der Waals surface area contributed by atoms with Crippen LogP contribution in [0.2, 0.25) is 0 Å². The second-order valence-corrected chi connectivity index (χ2v) is 6.03. The summed E-state index contributed by atoms with van der Waals surface area (Å²) in [6.07, 6.45) is 1.67. The van der Waals surface area contributed by atoms with Crippen LogP contribution in [0.5, 0.6) is 0 Å². The highest BCUT2D eigenvalue weighted by atomic mass is 16.2. The molecule has 0 fully saturated rings. The van der Waals surface area contributed by atoms with Gasteiger partial charge < -0.3 is 9.88 Å². The number of aryl methyl sites for hydroxylation is 1. The number of hydrogen-bond acceptors (Lipinski definition) is 3. The van der Waals surface area contributed by atoms with Crippen LogP contribution in [-0.2, 0) is 11.8 Å². The summed E-state index contributed by atoms with van der Waals surface area (Å²) < 4.78 is 2.10. The van der Waals surface area contributed by atoms with Gasteiger partial charge in [0.05, 0.1) is 6.21 Å². The predicted molar refractivity (Wildman–Crippen MR) is 103 cm³/mol. The molecule has 0 spiro atoms. The molecule has 1 aromatic heterocycles. The topological polar surface area (TPSA) is 75.5 Å². The Morgan fingerprint density at radius 1 is 1.08 bits per heavy atom. The molecule has 0 aliphatic heterocycles. The molecule has 6 nitrogen and oxygen atoms in total. The Morgan fingerprint density at radius 3 is 2.46 bits per heavy atom. The van der Waals surface area contributed by atoms with E-state index >= 15 is 0 Å². The number of nitrogens with zero attached hydrogens (tertiary/aromatic N) is 2. The highest BCUT2D eigenvalue weighted by molar-refractivity contribution is 6.02. The molecule has 0 atom stereocenters. The Balaban J connectivity index is 1.74. The molecule has 0 bridgehead atoms. The Bertz CT molecular complexity index is 1000. The monoisotopic (exact) mass is 348 g/mol. The van der Waals surface area contributed by atoms with E-state index in [0.29, 0.717) is 11.3 Å². The van der Waals surface area contributed by atoms with Crippen molar-refractivity contribution in [3.8, 4) is 0 Å². The Morgan fingerprint density at radius 2 is 1.77 bits per heavy atom. The van der Waals surface area contributed by atoms with E-state index in [2.05, 4.69) is 26.5 Å². The van der Waals surface area contributed by atoms with Gasteiger partial charge >= 0.3 is 0 Å². The molecule has 3 aromatic rings. The summed E-state index contributed by atoms with van der Waals surface area (Å²) >= 11 is 0. The van der Waals surface area contributed by atoms with Gasteiger partial charge in [-0.25, -0.2) is 5.43 Å². The van der Waals surface area contributed by atoms with Gasteiger partial charge in [-0.2, -0.15) is 5.10 Å². The van der Waals surface area contributed by atoms with E-state index in [9.17, 15) is 9.59 Å². The van der Waals surface area contributed by atoms with Crippen LogP contribution in [0.25, 0.3) is 10.9 Å². The fourth-order valence-corrected chi connectivity index (χ4v) is 2.84. The van der Waals surface area contributed by atoms with Crippen molar-refractivity contribution in [3.05, 3.63) is 65.4 Å². The van der Waals surface area contributed by atoms with Crippen LogP contribution in [0.1, 0.15) is 28.5 Å². The van der Waals surface area contributed by atoms with Gasteiger partial charge in [-0.15, -0.1) is 0 Å². The lowest BCUT2D eigenvalue weighted by molar-refractivity contribution is -0.114. The summed E-state index contributed by atoms with van der Waals surface area (Å²) in [6, 6.07) is 14.7. The lowest BCUT2D eigenvalue weighted by Crippen LogP contribution is -2.17. The number of rotatable bonds is 4. The van der Waals surface area contributed by atoms with Crippen LogP contribution in [0, 0.1) is 6.92 Å². The van der Waals surface area contributed by atoms with Crippen LogP contribution < -0.4 is 10.7 Å². The first-order valence-electron chi connectivity index (χ1n) is 8.22. The van der Waals surface area contributed by atoms with Gasteiger partial charge in [0.15, 0.2) is 0 Å². The lowest BCUT2D eigenvalue weighted by Gasteiger charge is -2.03. The third kappa shape index (κ3) is 3.49. The first kappa shape index (κ1) is 17.4. The van der Waals surface area contributed by atoms with Crippen molar-refractivity contribution in [2.24, 2.45) is 12.1 Å². The third-order valence-electron chi connectivity index (χ3n) is 4.28. The van der Waals surface area contributed by atoms with Gasteiger partial charge in [0.25, 0.3) is 5.91 Å². The smallest absolute Gasteiger partial charge is 0.271 e. The molecular weight excluding hydrogens is 328 g/mol. The number of carbonyl (C=O) groups excluding carboxylic acids is 2. The van der Waals surface area contributed by atoms with Crippen LogP contribution in [0.3, 0.4) is 0 Å². The molecule has 0 radical (unpaired) electrons. The van der Waals surface area contributed by atoms with Crippen LogP contribution in [-0.4, -0.2) is 22.6 Å². The molecule has 6 heteroatoms. The minimum absolute atomic E-state index is 0.155. The number of anilines is 1. The summed E-state index contributed by atoms with van der Waals surface area (Å²) in [4.78, 5) is 23.2. The molecule has 2 N–H and O–H groups in total. The van der Waals surface area contributed by atoms with Crippen LogP contribution >= 0.6 is 0 Å². The van der Waals surface area contributed by atoms with Gasteiger partial charge in [0.2, 0.25) is 5.91 Å². The summed E-state index contributed by atoms with van der Waals surface area (Å²) in [6.45, 7) is 3.45. The number of nitrogens with one attached hydrogen (secondary N) is 2. The zero-order valence-corrected chi connectivity index (χ0v) is 14.9. The molecule has 0 saturated heterocycles. The van der Waals surface area contributed by atoms with Crippen molar-refractivity contribution in [1.82, 2.24) is 9.99 Å². The molecule has 3 rings (SSSR count). The number of aromatic nitrogens is 1. The van der Waals surface area contributed by atoms with E-state index in [1.165, 1.54) is 6.92 Å². The van der Waals surface area contributed by atoms with Crippen molar-refractivity contribution < 1.29 is 9.59 Å². The maximum atomic E-state index is 12.2. The number of hydrogen-bond donors (Lipinski definition) is 2. The number of carbonyl (C=O) groups is 2. The van der Waals surface area contributed by atoms with Gasteiger partial charge in [-0.3, -0.25) is 9.59 Å². The Labute approximate surface area is 151 Å². The standard InChI is InChI=1S/C20H20N4O2/c1-13-18(17-6-4-5-7-19(17)24(13)3)12-21-23-20(26)15-8-10-16(11-9-15)22-14(2)25/h4-12H,1-3H3,(H,22,25)(H,23,26). The van der Waals surface area contributed by atoms with Crippen LogP contribution in [0.4, 0.5) is 5.69 Å². The highest BCUT2D eigenvalue weighted by Gasteiger charge is 2.10. The average Bonchev–Trinajstić information content (AvgIpc) is 2.87. The summed E-state index contributed by atoms with van der Waals surface area (Å²) in [7, 11) is 2.00. The predicted octanol–water partition coefficient (Wildman–Crippen LogP) is 3.21. The second-order valence-electron chi connectivity index (χ2n) is 6.03. The molecular formula is C20H20N4O2. The number of hydrazone groups is 1. The molecule has 0 unspecified atom stereocenters. The van der Waals surface area contributed by atoms with Gasteiger partial charge in [-0.05, 0) is 37.3 Å². The van der Waals surface area contributed by atoms with E-state index < -0.39 is 0 Å². The van der Waals surface area contributed by atoms with Crippen molar-refractivity contribution in [1.29, 1.82) is 0 Å². The summed E-state index contributed by atoms with van der Waals surface area (Å²) in [5, 5.41) is 7.85. The molecule has 132 valence electrons. The number of benzene rings is 2. The minimum Gasteiger partial charge on any atom is -0.347 e. The average molecular weight is 348 g/mol. The van der Waals surface area contributed by atoms with E-state index in [4.69, 9.17) is 0 Å². The largest absolute Gasteiger partial charge is 0.347 e. The maximum absolute atomic E-state index is 12.2. The summed E-state index contributed by atoms with van der Waals surface area (Å²) in [5.41, 5.74) is 6.82. The quantitative estimate of drug-likeness (QED) is 0.561. The maximum Gasteiger partial charge on any atom is 0.271 e. The van der Waals surface area contributed by atoms with Crippen LogP contribution in [0.15, 0.2) is 53.6 Å². The molecule has 0 aliphatic carbocycles. The van der Waals surface area contributed by atoms with Crippen molar-refractivity contribution in [2.45, 2.75) is 13.8 Å². The van der Waals surface area contributed by atoms with Gasteiger partial charge in [0.1, 0.15) is 0 Å². The van der Waals surface area contributed by atoms with E-state index in [1.807, 2.05) is 32.2 Å². The number of fused-ring (bicyclic) bond motifs is 1. The highest BCUT2D eigenvalue weighted by Crippen LogP contribution is 2.23. The lowest BCUT2D eigenvalue weighted by atomic mass is 10.1. The van der Waals surface area contributed by atoms with E-state index in [1.54, 1.807) is 30.5 Å². The molecule has 0 aliphatic rings. The Hall–Kier alpha value is -3.41. The van der Waals surface area contributed by atoms with E-state index in [0.717, 1.165) is 22.2 Å². The number of amides is 2. The molecule has 1 heterocycles. The zero-order valence-electron chi connectivity index (χ0n) is 14.9. The molecule has 2 aromatic carbocycles. The van der Waals surface area contributed by atoms with Gasteiger partial charge in [-0.1, -0.05) is 18.2 Å². The number of para-hydroxylation sites is 1. The fraction of sp³-hybridized carbons (Fsp3) is 0.150. The first-order chi connectivity index (χ1) is 12.5. The molecule has 2 amide bonds. The third-order valence-corrected chi connectivity index (χ3v) is 4.28. The SMILES string of the molecule is CC(=O)Nc1ccc(C(=O)NN=Cc2c(C)n(C)c3ccccc23)cc1. The van der Waals surface area contributed by atoms with Crippen molar-refractivity contribution in [3.63, 3.8) is 0 Å². The zero-order chi connectivity index (χ0) is 18.7. The normalized spacial score (nSPS) is 11.0. The van der Waals surface area contributed by atoms with E-state index in [-0.39, 0.29) is 11.8 Å². The summed E-state index contributed by atoms with van der Waals surface area (Å²) in [5.74, 6) is -0.467. The Kier molecular flexibility index (Phi) is 4.84. The van der Waals surface area contributed by atoms with Gasteiger partial charge in [0, 0.05) is 47.4 Å². The van der Waals surface area contributed by atoms with Crippen molar-refractivity contribution in [2.75, 3.05) is 5.32 Å². The second kappa shape index (κ2) is 7.23. The fourth-order valence-electron chi connectivity index (χ4n) is 2.84. The first-order valence-corrected chi connectivity index (χ1v) is 8.22. The van der Waals surface area contributed by atoms with Crippen molar-refractivity contribution >= 4 is 34.6 Å².